The maximum Gasteiger partial charge on any atom is 0.247 e. The average Bonchev–Trinajstić information content (AvgIpc) is 3.95. The lowest BCUT2D eigenvalue weighted by atomic mass is 10.1. The van der Waals surface area contributed by atoms with Gasteiger partial charge in [-0.1, -0.05) is 60.7 Å². The molecule has 0 radical (unpaired) electrons. The quantitative estimate of drug-likeness (QED) is 0.183. The molecule has 0 bridgehead atoms. The van der Waals surface area contributed by atoms with Gasteiger partial charge in [0.05, 0.1) is 12.8 Å². The van der Waals surface area contributed by atoms with Crippen molar-refractivity contribution in [3.63, 3.8) is 0 Å². The number of amides is 4. The predicted octanol–water partition coefficient (Wildman–Crippen LogP) is 5.67. The minimum Gasteiger partial charge on any atom is -0.339 e. The van der Waals surface area contributed by atoms with Crippen molar-refractivity contribution in [1.82, 2.24) is 24.6 Å². The Morgan fingerprint density at radius 2 is 1.23 bits per heavy atom. The van der Waals surface area contributed by atoms with Crippen molar-refractivity contribution in [3.05, 3.63) is 127 Å². The fourth-order valence-corrected chi connectivity index (χ4v) is 7.14. The Labute approximate surface area is 302 Å². The Kier molecular flexibility index (Phi) is 10.5. The van der Waals surface area contributed by atoms with Gasteiger partial charge in [-0.25, -0.2) is 0 Å². The van der Waals surface area contributed by atoms with Crippen molar-refractivity contribution < 1.29 is 19.2 Å². The van der Waals surface area contributed by atoms with Gasteiger partial charge in [-0.15, -0.1) is 10.2 Å². The molecule has 52 heavy (non-hydrogen) atoms. The molecule has 11 heteroatoms. The Morgan fingerprint density at radius 3 is 1.90 bits per heavy atom. The van der Waals surface area contributed by atoms with Crippen LogP contribution >= 0.6 is 0 Å². The molecule has 0 saturated carbocycles. The van der Waals surface area contributed by atoms with E-state index in [4.69, 9.17) is 0 Å². The lowest BCUT2D eigenvalue weighted by Crippen LogP contribution is -2.43. The lowest BCUT2D eigenvalue weighted by molar-refractivity contribution is -0.136. The van der Waals surface area contributed by atoms with E-state index in [9.17, 15) is 19.2 Å². The first-order valence-electron chi connectivity index (χ1n) is 17.8. The van der Waals surface area contributed by atoms with E-state index in [1.165, 1.54) is 0 Å². The highest BCUT2D eigenvalue weighted by atomic mass is 16.2. The maximum atomic E-state index is 13.2. The van der Waals surface area contributed by atoms with Crippen LogP contribution in [-0.4, -0.2) is 73.4 Å². The van der Waals surface area contributed by atoms with Crippen LogP contribution in [0.3, 0.4) is 0 Å². The lowest BCUT2D eigenvalue weighted by Gasteiger charge is -2.24. The third-order valence-corrected chi connectivity index (χ3v) is 9.78. The number of nitrogens with one attached hydrogen (secondary N) is 2. The molecule has 0 unspecified atom stereocenters. The van der Waals surface area contributed by atoms with Gasteiger partial charge in [-0.3, -0.25) is 23.7 Å². The average molecular weight is 696 g/mol. The van der Waals surface area contributed by atoms with Crippen LogP contribution in [0.5, 0.6) is 0 Å². The highest BCUT2D eigenvalue weighted by Gasteiger charge is 2.34. The Balaban J connectivity index is 0.934. The number of anilines is 2. The van der Waals surface area contributed by atoms with E-state index in [2.05, 4.69) is 20.8 Å². The molecule has 2 atom stereocenters. The Hall–Kier alpha value is -6.10. The smallest absolute Gasteiger partial charge is 0.247 e. The summed E-state index contributed by atoms with van der Waals surface area (Å²) in [5.74, 6) is 0.299. The van der Waals surface area contributed by atoms with E-state index < -0.39 is 6.04 Å². The third-order valence-electron chi connectivity index (χ3n) is 9.78. The summed E-state index contributed by atoms with van der Waals surface area (Å²) in [5.41, 5.74) is 4.80. The van der Waals surface area contributed by atoms with Gasteiger partial charge in [0.1, 0.15) is 12.4 Å². The molecule has 0 spiro atoms. The van der Waals surface area contributed by atoms with E-state index in [1.54, 1.807) is 11.2 Å². The third kappa shape index (κ3) is 8.10. The van der Waals surface area contributed by atoms with Gasteiger partial charge in [0.25, 0.3) is 0 Å². The number of hydrogen-bond acceptors (Lipinski definition) is 6. The molecule has 7 rings (SSSR count). The highest BCUT2D eigenvalue weighted by Crippen LogP contribution is 2.26. The summed E-state index contributed by atoms with van der Waals surface area (Å²) in [4.78, 5) is 55.8. The topological polar surface area (TPSA) is 130 Å². The SMILES string of the molecule is O=C(C[C@@H]1CCCN1C(=O)Cc1ccccc1)Nc1ccc(-n2cnnc2-c2ccc(NC(=O)[C@@H]3CCCN3C(=O)Cc3ccccc3)cc2)cc1. The fraction of sp³-hybridized carbons (Fsp3) is 0.268. The summed E-state index contributed by atoms with van der Waals surface area (Å²) < 4.78 is 1.85. The zero-order chi connectivity index (χ0) is 35.9. The van der Waals surface area contributed by atoms with Gasteiger partial charge in [0.15, 0.2) is 5.82 Å². The van der Waals surface area contributed by atoms with Crippen LogP contribution in [0.4, 0.5) is 11.4 Å². The molecule has 5 aromatic rings. The zero-order valence-corrected chi connectivity index (χ0v) is 28.9. The van der Waals surface area contributed by atoms with Gasteiger partial charge < -0.3 is 20.4 Å². The first-order chi connectivity index (χ1) is 25.4. The first kappa shape index (κ1) is 34.4. The standard InChI is InChI=1S/C41H41N7O4/c49-37(27-35-13-7-23-46(35)38(50)25-29-9-3-1-4-10-29)43-32-19-21-34(22-20-32)48-28-42-45-40(48)31-15-17-33(18-16-31)44-41(52)36-14-8-24-47(36)39(51)26-30-11-5-2-6-12-30/h1-6,9-12,15-22,28,35-36H,7-8,13-14,23-27H2,(H,43,49)(H,44,52)/t35-,36-/m0/s1. The maximum absolute atomic E-state index is 13.2. The number of aromatic nitrogens is 3. The minimum absolute atomic E-state index is 0.0443. The molecule has 3 heterocycles. The number of benzene rings is 4. The van der Waals surface area contributed by atoms with Crippen molar-refractivity contribution in [3.8, 4) is 17.1 Å². The van der Waals surface area contributed by atoms with E-state index >= 15 is 0 Å². The van der Waals surface area contributed by atoms with Gasteiger partial charge in [-0.05, 0) is 85.3 Å². The molecule has 11 nitrogen and oxygen atoms in total. The number of carbonyl (C=O) groups excluding carboxylic acids is 4. The fourth-order valence-electron chi connectivity index (χ4n) is 7.14. The molecule has 1 aromatic heterocycles. The summed E-state index contributed by atoms with van der Waals surface area (Å²) >= 11 is 0. The van der Waals surface area contributed by atoms with Crippen molar-refractivity contribution in [2.45, 2.75) is 57.0 Å². The van der Waals surface area contributed by atoms with Crippen molar-refractivity contribution in [1.29, 1.82) is 0 Å². The van der Waals surface area contributed by atoms with E-state index in [-0.39, 0.29) is 42.5 Å². The van der Waals surface area contributed by atoms with Gasteiger partial charge >= 0.3 is 0 Å². The van der Waals surface area contributed by atoms with Gasteiger partial charge in [-0.2, -0.15) is 0 Å². The summed E-state index contributed by atoms with van der Waals surface area (Å²) in [6.07, 6.45) is 5.61. The first-order valence-corrected chi connectivity index (χ1v) is 17.8. The molecule has 2 aliphatic rings. The van der Waals surface area contributed by atoms with Crippen LogP contribution < -0.4 is 10.6 Å². The molecule has 2 N–H and O–H groups in total. The van der Waals surface area contributed by atoms with Crippen LogP contribution in [0.2, 0.25) is 0 Å². The molecule has 2 saturated heterocycles. The summed E-state index contributed by atoms with van der Waals surface area (Å²) in [5, 5.41) is 14.4. The second-order valence-corrected chi connectivity index (χ2v) is 13.3. The minimum atomic E-state index is -0.502. The van der Waals surface area contributed by atoms with Gasteiger partial charge in [0, 0.05) is 48.2 Å². The molecular formula is C41H41N7O4. The van der Waals surface area contributed by atoms with Crippen LogP contribution in [0.1, 0.15) is 43.2 Å². The Morgan fingerprint density at radius 1 is 0.654 bits per heavy atom. The molecule has 264 valence electrons. The monoisotopic (exact) mass is 695 g/mol. The normalized spacial score (nSPS) is 16.8. The van der Waals surface area contributed by atoms with E-state index in [0.29, 0.717) is 43.1 Å². The number of carbonyl (C=O) groups is 4. The van der Waals surface area contributed by atoms with E-state index in [1.807, 2.05) is 119 Å². The van der Waals surface area contributed by atoms with Crippen LogP contribution in [0, 0.1) is 0 Å². The van der Waals surface area contributed by atoms with E-state index in [0.717, 1.165) is 41.6 Å². The number of hydrogen-bond donors (Lipinski definition) is 2. The van der Waals surface area contributed by atoms with Crippen LogP contribution in [0.25, 0.3) is 17.1 Å². The van der Waals surface area contributed by atoms with Crippen molar-refractivity contribution in [2.24, 2.45) is 0 Å². The molecule has 2 fully saturated rings. The molecular weight excluding hydrogens is 654 g/mol. The summed E-state index contributed by atoms with van der Waals surface area (Å²) in [7, 11) is 0. The number of rotatable bonds is 11. The largest absolute Gasteiger partial charge is 0.339 e. The predicted molar refractivity (Wildman–Crippen MR) is 198 cm³/mol. The molecule has 0 aliphatic carbocycles. The molecule has 4 aromatic carbocycles. The molecule has 2 aliphatic heterocycles. The van der Waals surface area contributed by atoms with Crippen molar-refractivity contribution >= 4 is 35.0 Å². The molecule has 4 amide bonds. The van der Waals surface area contributed by atoms with Crippen LogP contribution in [0.15, 0.2) is 116 Å². The second kappa shape index (κ2) is 15.8. The van der Waals surface area contributed by atoms with Crippen molar-refractivity contribution in [2.75, 3.05) is 23.7 Å². The van der Waals surface area contributed by atoms with Crippen LogP contribution in [-0.2, 0) is 32.0 Å². The summed E-state index contributed by atoms with van der Waals surface area (Å²) in [6.45, 7) is 1.25. The number of nitrogens with zero attached hydrogens (tertiary/aromatic N) is 5. The second-order valence-electron chi connectivity index (χ2n) is 13.3. The Bertz CT molecular complexity index is 2010. The highest BCUT2D eigenvalue weighted by molar-refractivity contribution is 5.98. The van der Waals surface area contributed by atoms with Gasteiger partial charge in [0.2, 0.25) is 23.6 Å². The number of likely N-dealkylation sites (tertiary alicyclic amines) is 2. The zero-order valence-electron chi connectivity index (χ0n) is 28.9. The summed E-state index contributed by atoms with van der Waals surface area (Å²) in [6, 6.07) is 33.5.